The van der Waals surface area contributed by atoms with E-state index < -0.39 is 0 Å². The van der Waals surface area contributed by atoms with Crippen molar-refractivity contribution >= 4 is 5.97 Å². The topological polar surface area (TPSA) is 68.2 Å². The molecule has 0 aromatic heterocycles. The first-order chi connectivity index (χ1) is 14.6. The molecule has 2 aliphatic carbocycles. The quantitative estimate of drug-likeness (QED) is 0.321. The van der Waals surface area contributed by atoms with Crippen molar-refractivity contribution in [1.82, 2.24) is 4.90 Å². The van der Waals surface area contributed by atoms with E-state index in [-0.39, 0.29) is 30.2 Å². The second-order valence-electron chi connectivity index (χ2n) is 9.13. The maximum absolute atomic E-state index is 11.7. The highest BCUT2D eigenvalue weighted by Gasteiger charge is 2.64. The van der Waals surface area contributed by atoms with E-state index >= 15 is 0 Å². The summed E-state index contributed by atoms with van der Waals surface area (Å²) in [5.41, 5.74) is 2.44. The molecule has 2 aliphatic heterocycles. The number of hydrogen-bond acceptors (Lipinski definition) is 6. The molecule has 30 heavy (non-hydrogen) atoms. The lowest BCUT2D eigenvalue weighted by atomic mass is 9.53. The maximum Gasteiger partial charge on any atom is 0.308 e. The number of aliphatic hydroxyl groups excluding tert-OH is 1. The summed E-state index contributed by atoms with van der Waals surface area (Å²) in [5, 5.41) is 8.99. The number of rotatable bonds is 7. The highest BCUT2D eigenvalue weighted by atomic mass is 16.6. The van der Waals surface area contributed by atoms with Crippen LogP contribution in [0.3, 0.4) is 0 Å². The number of hydrogen-bond donors (Lipinski definition) is 1. The van der Waals surface area contributed by atoms with E-state index in [1.165, 1.54) is 18.1 Å². The molecule has 5 rings (SSSR count). The zero-order valence-corrected chi connectivity index (χ0v) is 17.8. The average Bonchev–Trinajstić information content (AvgIpc) is 3.07. The largest absolute Gasteiger partial charge is 0.482 e. The Labute approximate surface area is 177 Å². The van der Waals surface area contributed by atoms with Crippen LogP contribution in [-0.2, 0) is 21.4 Å². The van der Waals surface area contributed by atoms with Crippen molar-refractivity contribution in [2.45, 2.75) is 62.7 Å². The summed E-state index contributed by atoms with van der Waals surface area (Å²) in [6.07, 6.45) is 9.01. The fourth-order valence-corrected chi connectivity index (χ4v) is 6.20. The van der Waals surface area contributed by atoms with Gasteiger partial charge in [-0.2, -0.15) is 0 Å². The van der Waals surface area contributed by atoms with Crippen molar-refractivity contribution in [2.75, 3.05) is 26.8 Å². The lowest BCUT2D eigenvalue weighted by molar-refractivity contribution is -0.132. The third-order valence-electron chi connectivity index (χ3n) is 7.48. The van der Waals surface area contributed by atoms with Gasteiger partial charge >= 0.3 is 5.97 Å². The van der Waals surface area contributed by atoms with Crippen LogP contribution in [0.25, 0.3) is 0 Å². The molecule has 2 unspecified atom stereocenters. The van der Waals surface area contributed by atoms with Gasteiger partial charge in [-0.1, -0.05) is 18.2 Å². The van der Waals surface area contributed by atoms with E-state index in [2.05, 4.69) is 30.2 Å². The molecule has 1 spiro atoms. The number of carbonyl (C=O) groups is 1. The van der Waals surface area contributed by atoms with Crippen LogP contribution in [0.2, 0.25) is 0 Å². The SMILES string of the molecule is CC(=O)Oc1ccc2c3c1OC1C(OCCCCCO)C=C[C@H]4[C@@H](C2)N(C)CC[C@]314. The molecule has 1 aromatic rings. The monoisotopic (exact) mass is 413 g/mol. The third-order valence-corrected chi connectivity index (χ3v) is 7.48. The van der Waals surface area contributed by atoms with Gasteiger partial charge in [-0.15, -0.1) is 0 Å². The number of benzene rings is 1. The van der Waals surface area contributed by atoms with Crippen LogP contribution >= 0.6 is 0 Å². The molecular formula is C24H31NO5. The lowest BCUT2D eigenvalue weighted by Gasteiger charge is -2.56. The highest BCUT2D eigenvalue weighted by molar-refractivity contribution is 5.72. The number of likely N-dealkylation sites (N-methyl/N-ethyl adjacent to an activating group) is 1. The van der Waals surface area contributed by atoms with E-state index in [1.807, 2.05) is 6.07 Å². The van der Waals surface area contributed by atoms with Crippen LogP contribution in [0.5, 0.6) is 11.5 Å². The number of nitrogens with zero attached hydrogens (tertiary/aromatic N) is 1. The minimum absolute atomic E-state index is 0.104. The smallest absolute Gasteiger partial charge is 0.308 e. The van der Waals surface area contributed by atoms with Gasteiger partial charge in [0, 0.05) is 43.1 Å². The van der Waals surface area contributed by atoms with Gasteiger partial charge < -0.3 is 24.2 Å². The van der Waals surface area contributed by atoms with Crippen molar-refractivity contribution in [3.63, 3.8) is 0 Å². The lowest BCUT2D eigenvalue weighted by Crippen LogP contribution is -2.65. The van der Waals surface area contributed by atoms with Gasteiger partial charge in [-0.3, -0.25) is 4.79 Å². The molecule has 1 saturated heterocycles. The second kappa shape index (κ2) is 7.66. The predicted octanol–water partition coefficient (Wildman–Crippen LogP) is 2.60. The van der Waals surface area contributed by atoms with Gasteiger partial charge in [0.05, 0.1) is 0 Å². The molecule has 1 fully saturated rings. The molecular weight excluding hydrogens is 382 g/mol. The Kier molecular flexibility index (Phi) is 5.12. The maximum atomic E-state index is 11.7. The Hall–Kier alpha value is -1.89. The first-order valence-corrected chi connectivity index (χ1v) is 11.2. The van der Waals surface area contributed by atoms with E-state index in [9.17, 15) is 4.79 Å². The number of likely N-dealkylation sites (tertiary alicyclic amines) is 1. The number of esters is 1. The van der Waals surface area contributed by atoms with Crippen molar-refractivity contribution in [3.8, 4) is 11.5 Å². The zero-order valence-electron chi connectivity index (χ0n) is 17.8. The second-order valence-corrected chi connectivity index (χ2v) is 9.13. The minimum atomic E-state index is -0.328. The third kappa shape index (κ3) is 2.92. The molecule has 6 heteroatoms. The summed E-state index contributed by atoms with van der Waals surface area (Å²) < 4.78 is 18.5. The van der Waals surface area contributed by atoms with E-state index in [0.29, 0.717) is 24.3 Å². The molecule has 0 radical (unpaired) electrons. The first-order valence-electron chi connectivity index (χ1n) is 11.2. The Bertz CT molecular complexity index is 867. The summed E-state index contributed by atoms with van der Waals surface area (Å²) in [6, 6.07) is 4.46. The van der Waals surface area contributed by atoms with Crippen molar-refractivity contribution in [2.24, 2.45) is 5.92 Å². The number of ether oxygens (including phenoxy) is 3. The fraction of sp³-hybridized carbons (Fsp3) is 0.625. The molecule has 6 nitrogen and oxygen atoms in total. The normalized spacial score (nSPS) is 33.2. The van der Waals surface area contributed by atoms with Crippen LogP contribution in [0.4, 0.5) is 0 Å². The minimum Gasteiger partial charge on any atom is -0.482 e. The Morgan fingerprint density at radius 1 is 1.30 bits per heavy atom. The van der Waals surface area contributed by atoms with Gasteiger partial charge in [0.15, 0.2) is 11.5 Å². The summed E-state index contributed by atoms with van der Waals surface area (Å²) >= 11 is 0. The molecule has 0 saturated carbocycles. The molecule has 0 amide bonds. The molecule has 1 N–H and O–H groups in total. The highest BCUT2D eigenvalue weighted by Crippen LogP contribution is 2.62. The van der Waals surface area contributed by atoms with E-state index in [1.54, 1.807) is 0 Å². The molecule has 5 atom stereocenters. The van der Waals surface area contributed by atoms with Gasteiger partial charge in [0.1, 0.15) is 12.2 Å². The van der Waals surface area contributed by atoms with E-state index in [0.717, 1.165) is 44.4 Å². The average molecular weight is 414 g/mol. The molecule has 162 valence electrons. The molecule has 4 aliphatic rings. The standard InChI is InChI=1S/C24H31NO5/c1-15(27)29-19-8-6-16-14-18-17-7-9-20(28-13-5-3-4-12-26)23-24(17,10-11-25(18)2)21(16)22(19)30-23/h6-9,17-18,20,23,26H,3-5,10-14H2,1-2H3/t17-,18+,20?,23?,24-/m0/s1. The molecule has 1 aromatic carbocycles. The molecule has 2 bridgehead atoms. The number of unbranched alkanes of at least 4 members (excludes halogenated alkanes) is 2. The zero-order chi connectivity index (χ0) is 20.9. The van der Waals surface area contributed by atoms with Crippen LogP contribution in [0, 0.1) is 5.92 Å². The van der Waals surface area contributed by atoms with Crippen LogP contribution in [-0.4, -0.2) is 61.0 Å². The van der Waals surface area contributed by atoms with Crippen molar-refractivity contribution < 1.29 is 24.1 Å². The number of carbonyl (C=O) groups excluding carboxylic acids is 1. The van der Waals surface area contributed by atoms with Gasteiger partial charge in [-0.05, 0) is 57.3 Å². The van der Waals surface area contributed by atoms with Crippen molar-refractivity contribution in [3.05, 3.63) is 35.4 Å². The predicted molar refractivity (Wildman–Crippen MR) is 112 cm³/mol. The summed E-state index contributed by atoms with van der Waals surface area (Å²) in [7, 11) is 2.22. The Morgan fingerprint density at radius 2 is 2.17 bits per heavy atom. The fourth-order valence-electron chi connectivity index (χ4n) is 6.20. The van der Waals surface area contributed by atoms with Crippen molar-refractivity contribution in [1.29, 1.82) is 0 Å². The van der Waals surface area contributed by atoms with E-state index in [4.69, 9.17) is 19.3 Å². The number of piperidine rings is 1. The molecule has 2 heterocycles. The Balaban J connectivity index is 1.52. The van der Waals surface area contributed by atoms with Gasteiger partial charge in [0.25, 0.3) is 0 Å². The Morgan fingerprint density at radius 3 is 2.97 bits per heavy atom. The summed E-state index contributed by atoms with van der Waals surface area (Å²) in [5.74, 6) is 1.32. The van der Waals surface area contributed by atoms with Gasteiger partial charge in [0.2, 0.25) is 0 Å². The summed E-state index contributed by atoms with van der Waals surface area (Å²) in [6.45, 7) is 3.33. The summed E-state index contributed by atoms with van der Waals surface area (Å²) in [4.78, 5) is 14.2. The first kappa shape index (κ1) is 20.0. The van der Waals surface area contributed by atoms with Gasteiger partial charge in [-0.25, -0.2) is 0 Å². The number of aliphatic hydroxyl groups is 1. The van der Waals surface area contributed by atoms with Crippen LogP contribution in [0.1, 0.15) is 43.7 Å². The van der Waals surface area contributed by atoms with Crippen LogP contribution in [0.15, 0.2) is 24.3 Å². The van der Waals surface area contributed by atoms with Crippen LogP contribution < -0.4 is 9.47 Å².